The third-order valence-corrected chi connectivity index (χ3v) is 3.56. The summed E-state index contributed by atoms with van der Waals surface area (Å²) in [4.78, 5) is 11.8. The van der Waals surface area contributed by atoms with Crippen LogP contribution in [0, 0.1) is 11.3 Å². The van der Waals surface area contributed by atoms with Crippen LogP contribution in [0.2, 0.25) is 0 Å². The van der Waals surface area contributed by atoms with Gasteiger partial charge in [0.15, 0.2) is 0 Å². The molecule has 0 aromatic heterocycles. The number of ether oxygens (including phenoxy) is 1. The molecule has 0 aliphatic heterocycles. The zero-order chi connectivity index (χ0) is 12.9. The lowest BCUT2D eigenvalue weighted by molar-refractivity contribution is -0.124. The zero-order valence-electron chi connectivity index (χ0n) is 11.3. The Morgan fingerprint density at radius 1 is 1.47 bits per heavy atom. The molecule has 1 saturated carbocycles. The molecule has 0 radical (unpaired) electrons. The van der Waals surface area contributed by atoms with Crippen molar-refractivity contribution in [2.24, 2.45) is 17.1 Å². The molecule has 1 atom stereocenters. The van der Waals surface area contributed by atoms with Gasteiger partial charge >= 0.3 is 0 Å². The van der Waals surface area contributed by atoms with E-state index in [-0.39, 0.29) is 17.4 Å². The minimum atomic E-state index is -0.380. The van der Waals surface area contributed by atoms with Crippen molar-refractivity contribution < 1.29 is 9.53 Å². The van der Waals surface area contributed by atoms with E-state index >= 15 is 0 Å². The highest BCUT2D eigenvalue weighted by molar-refractivity contribution is 5.81. The summed E-state index contributed by atoms with van der Waals surface area (Å²) in [5.74, 6) is 0.425. The van der Waals surface area contributed by atoms with Crippen LogP contribution in [0.3, 0.4) is 0 Å². The standard InChI is InChI=1S/C13H26N2O2/c1-10(2)7-11(14)12(16)15-8-13(9-17-3)5-4-6-13/h10-11H,4-9,14H2,1-3H3,(H,15,16)/t11-/m1/s1. The van der Waals surface area contributed by atoms with Crippen molar-refractivity contribution in [1.29, 1.82) is 0 Å². The van der Waals surface area contributed by atoms with E-state index in [0.717, 1.165) is 25.9 Å². The van der Waals surface area contributed by atoms with E-state index in [0.29, 0.717) is 12.5 Å². The normalized spacial score (nSPS) is 19.8. The third kappa shape index (κ3) is 4.28. The first-order valence-corrected chi connectivity index (χ1v) is 6.51. The van der Waals surface area contributed by atoms with Gasteiger partial charge in [-0.3, -0.25) is 4.79 Å². The van der Waals surface area contributed by atoms with Crippen LogP contribution in [0.5, 0.6) is 0 Å². The Labute approximate surface area is 104 Å². The van der Waals surface area contributed by atoms with Gasteiger partial charge in [0.1, 0.15) is 0 Å². The molecule has 1 amide bonds. The lowest BCUT2D eigenvalue weighted by atomic mass is 9.69. The number of nitrogens with one attached hydrogen (secondary N) is 1. The first-order valence-electron chi connectivity index (χ1n) is 6.51. The summed E-state index contributed by atoms with van der Waals surface area (Å²) < 4.78 is 5.22. The number of hydrogen-bond donors (Lipinski definition) is 2. The molecule has 3 N–H and O–H groups in total. The monoisotopic (exact) mass is 242 g/mol. The Bertz CT molecular complexity index is 250. The summed E-state index contributed by atoms with van der Waals surface area (Å²) in [7, 11) is 1.71. The molecule has 0 bridgehead atoms. The zero-order valence-corrected chi connectivity index (χ0v) is 11.3. The van der Waals surface area contributed by atoms with Crippen LogP contribution in [0.15, 0.2) is 0 Å². The summed E-state index contributed by atoms with van der Waals surface area (Å²) in [5, 5.41) is 2.97. The van der Waals surface area contributed by atoms with E-state index in [2.05, 4.69) is 19.2 Å². The molecule has 0 spiro atoms. The molecule has 1 rings (SSSR count). The molecule has 0 saturated heterocycles. The molecule has 100 valence electrons. The van der Waals surface area contributed by atoms with Crippen LogP contribution in [-0.4, -0.2) is 32.2 Å². The van der Waals surface area contributed by atoms with Crippen LogP contribution < -0.4 is 11.1 Å². The van der Waals surface area contributed by atoms with Gasteiger partial charge in [-0.05, 0) is 25.2 Å². The second kappa shape index (κ2) is 6.36. The third-order valence-electron chi connectivity index (χ3n) is 3.56. The quantitative estimate of drug-likeness (QED) is 0.707. The van der Waals surface area contributed by atoms with Gasteiger partial charge in [-0.15, -0.1) is 0 Å². The van der Waals surface area contributed by atoms with E-state index in [9.17, 15) is 4.79 Å². The maximum absolute atomic E-state index is 11.8. The Morgan fingerprint density at radius 2 is 2.12 bits per heavy atom. The maximum Gasteiger partial charge on any atom is 0.236 e. The van der Waals surface area contributed by atoms with Crippen LogP contribution in [0.25, 0.3) is 0 Å². The fraction of sp³-hybridized carbons (Fsp3) is 0.923. The van der Waals surface area contributed by atoms with Gasteiger partial charge in [0.2, 0.25) is 5.91 Å². The van der Waals surface area contributed by atoms with Gasteiger partial charge in [-0.25, -0.2) is 0 Å². The molecule has 0 aromatic rings. The van der Waals surface area contributed by atoms with E-state index in [1.807, 2.05) is 0 Å². The molecule has 17 heavy (non-hydrogen) atoms. The van der Waals surface area contributed by atoms with Gasteiger partial charge in [0.25, 0.3) is 0 Å². The summed E-state index contributed by atoms with van der Waals surface area (Å²) in [6, 6.07) is -0.380. The van der Waals surface area contributed by atoms with Crippen LogP contribution in [0.4, 0.5) is 0 Å². The minimum Gasteiger partial charge on any atom is -0.384 e. The number of amides is 1. The molecule has 4 nitrogen and oxygen atoms in total. The number of rotatable bonds is 7. The number of methoxy groups -OCH3 is 1. The van der Waals surface area contributed by atoms with Crippen molar-refractivity contribution in [3.05, 3.63) is 0 Å². The second-order valence-corrected chi connectivity index (χ2v) is 5.74. The SMILES string of the molecule is COCC1(CNC(=O)[C@H](N)CC(C)C)CCC1. The minimum absolute atomic E-state index is 0.0268. The Morgan fingerprint density at radius 3 is 2.53 bits per heavy atom. The van der Waals surface area contributed by atoms with Gasteiger partial charge in [-0.1, -0.05) is 20.3 Å². The highest BCUT2D eigenvalue weighted by Crippen LogP contribution is 2.40. The number of carbonyl (C=O) groups is 1. The predicted octanol–water partition coefficient (Wildman–Crippen LogP) is 1.29. The van der Waals surface area contributed by atoms with Crippen molar-refractivity contribution in [3.8, 4) is 0 Å². The fourth-order valence-corrected chi connectivity index (χ4v) is 2.38. The van der Waals surface area contributed by atoms with Crippen molar-refractivity contribution in [2.45, 2.75) is 45.6 Å². The molecule has 0 aromatic carbocycles. The number of carbonyl (C=O) groups excluding carboxylic acids is 1. The lowest BCUT2D eigenvalue weighted by Gasteiger charge is -2.41. The maximum atomic E-state index is 11.8. The smallest absolute Gasteiger partial charge is 0.236 e. The summed E-state index contributed by atoms with van der Waals surface area (Å²) in [6.45, 7) is 5.58. The van der Waals surface area contributed by atoms with E-state index in [1.165, 1.54) is 6.42 Å². The van der Waals surface area contributed by atoms with Gasteiger partial charge in [0, 0.05) is 19.1 Å². The Balaban J connectivity index is 2.31. The highest BCUT2D eigenvalue weighted by atomic mass is 16.5. The first kappa shape index (κ1) is 14.5. The average molecular weight is 242 g/mol. The summed E-state index contributed by atoms with van der Waals surface area (Å²) >= 11 is 0. The molecular formula is C13H26N2O2. The van der Waals surface area contributed by atoms with Gasteiger partial charge < -0.3 is 15.8 Å². The van der Waals surface area contributed by atoms with Gasteiger partial charge in [-0.2, -0.15) is 0 Å². The molecule has 1 aliphatic rings. The molecule has 0 unspecified atom stereocenters. The van der Waals surface area contributed by atoms with Crippen molar-refractivity contribution in [1.82, 2.24) is 5.32 Å². The Hall–Kier alpha value is -0.610. The largest absolute Gasteiger partial charge is 0.384 e. The van der Waals surface area contributed by atoms with E-state index in [4.69, 9.17) is 10.5 Å². The van der Waals surface area contributed by atoms with Crippen molar-refractivity contribution in [3.63, 3.8) is 0 Å². The summed E-state index contributed by atoms with van der Waals surface area (Å²) in [5.41, 5.74) is 6.01. The summed E-state index contributed by atoms with van der Waals surface area (Å²) in [6.07, 6.45) is 4.25. The van der Waals surface area contributed by atoms with Crippen LogP contribution >= 0.6 is 0 Å². The molecule has 1 fully saturated rings. The lowest BCUT2D eigenvalue weighted by Crippen LogP contribution is -2.49. The second-order valence-electron chi connectivity index (χ2n) is 5.74. The molecule has 0 heterocycles. The van der Waals surface area contributed by atoms with Crippen molar-refractivity contribution in [2.75, 3.05) is 20.3 Å². The van der Waals surface area contributed by atoms with Gasteiger partial charge in [0.05, 0.1) is 12.6 Å². The van der Waals surface area contributed by atoms with E-state index in [1.54, 1.807) is 7.11 Å². The number of nitrogens with two attached hydrogens (primary N) is 1. The first-order chi connectivity index (χ1) is 7.99. The Kier molecular flexibility index (Phi) is 5.40. The van der Waals surface area contributed by atoms with Crippen LogP contribution in [0.1, 0.15) is 39.5 Å². The topological polar surface area (TPSA) is 64.3 Å². The van der Waals surface area contributed by atoms with Crippen molar-refractivity contribution >= 4 is 5.91 Å². The van der Waals surface area contributed by atoms with E-state index < -0.39 is 0 Å². The fourth-order valence-electron chi connectivity index (χ4n) is 2.38. The molecule has 4 heteroatoms. The molecular weight excluding hydrogens is 216 g/mol. The highest BCUT2D eigenvalue weighted by Gasteiger charge is 2.37. The predicted molar refractivity (Wildman–Crippen MR) is 68.6 cm³/mol. The average Bonchev–Trinajstić information content (AvgIpc) is 2.20. The molecule has 1 aliphatic carbocycles. The number of hydrogen-bond acceptors (Lipinski definition) is 3. The van der Waals surface area contributed by atoms with Crippen LogP contribution in [-0.2, 0) is 9.53 Å².